The van der Waals surface area contributed by atoms with Crippen LogP contribution in [0.1, 0.15) is 20.3 Å². The monoisotopic (exact) mass is 188 g/mol. The van der Waals surface area contributed by atoms with E-state index in [4.69, 9.17) is 0 Å². The molecule has 12 heavy (non-hydrogen) atoms. The summed E-state index contributed by atoms with van der Waals surface area (Å²) < 4.78 is 0. The fourth-order valence-electron chi connectivity index (χ4n) is 1.23. The first-order valence-corrected chi connectivity index (χ1v) is 5.41. The van der Waals surface area contributed by atoms with E-state index in [1.165, 1.54) is 0 Å². The molecule has 70 valence electrons. The highest BCUT2D eigenvalue weighted by molar-refractivity contribution is 8.00. The molecule has 0 spiro atoms. The summed E-state index contributed by atoms with van der Waals surface area (Å²) >= 11 is 1.83. The Bertz CT molecular complexity index is 163. The van der Waals surface area contributed by atoms with E-state index in [-0.39, 0.29) is 5.91 Å². The normalized spacial score (nSPS) is 28.8. The Kier molecular flexibility index (Phi) is 3.88. The van der Waals surface area contributed by atoms with Gasteiger partial charge in [-0.15, -0.1) is 11.8 Å². The number of nitrogens with one attached hydrogen (secondary N) is 2. The average molecular weight is 188 g/mol. The van der Waals surface area contributed by atoms with Gasteiger partial charge in [0.05, 0.1) is 11.8 Å². The van der Waals surface area contributed by atoms with Gasteiger partial charge in [-0.3, -0.25) is 4.79 Å². The van der Waals surface area contributed by atoms with Crippen molar-refractivity contribution in [1.29, 1.82) is 0 Å². The summed E-state index contributed by atoms with van der Waals surface area (Å²) in [5.74, 6) is 1.26. The summed E-state index contributed by atoms with van der Waals surface area (Å²) in [5, 5.41) is 6.47. The fraction of sp³-hybridized carbons (Fsp3) is 0.875. The average Bonchev–Trinajstić information content (AvgIpc) is 2.36. The Hall–Kier alpha value is -0.220. The molecule has 4 heteroatoms. The minimum atomic E-state index is 0.150. The van der Waals surface area contributed by atoms with Gasteiger partial charge in [-0.1, -0.05) is 0 Å². The van der Waals surface area contributed by atoms with Gasteiger partial charge in [-0.25, -0.2) is 0 Å². The number of rotatable bonds is 3. The molecule has 1 heterocycles. The van der Waals surface area contributed by atoms with Crippen LogP contribution >= 0.6 is 11.8 Å². The maximum Gasteiger partial charge on any atom is 0.222 e. The third-order valence-electron chi connectivity index (χ3n) is 1.76. The molecule has 0 aliphatic carbocycles. The lowest BCUT2D eigenvalue weighted by molar-refractivity contribution is -0.121. The second kappa shape index (κ2) is 4.72. The molecule has 2 unspecified atom stereocenters. The minimum absolute atomic E-state index is 0.150. The molecule has 1 amide bonds. The van der Waals surface area contributed by atoms with Gasteiger partial charge in [0.15, 0.2) is 0 Å². The van der Waals surface area contributed by atoms with E-state index in [9.17, 15) is 4.79 Å². The zero-order valence-corrected chi connectivity index (χ0v) is 8.41. The van der Waals surface area contributed by atoms with Crippen LogP contribution in [0.25, 0.3) is 0 Å². The number of hydrogen-bond acceptors (Lipinski definition) is 3. The van der Waals surface area contributed by atoms with E-state index < -0.39 is 0 Å². The van der Waals surface area contributed by atoms with Gasteiger partial charge in [0.25, 0.3) is 0 Å². The fourth-order valence-corrected chi connectivity index (χ4v) is 2.44. The van der Waals surface area contributed by atoms with Crippen LogP contribution < -0.4 is 10.6 Å². The molecule has 0 aromatic carbocycles. The van der Waals surface area contributed by atoms with Crippen LogP contribution in [-0.2, 0) is 4.79 Å². The van der Waals surface area contributed by atoms with E-state index in [1.54, 1.807) is 0 Å². The lowest BCUT2D eigenvalue weighted by Gasteiger charge is -2.09. The van der Waals surface area contributed by atoms with Crippen LogP contribution in [-0.4, -0.2) is 29.6 Å². The number of amides is 1. The zero-order valence-electron chi connectivity index (χ0n) is 7.59. The van der Waals surface area contributed by atoms with Crippen LogP contribution in [0.15, 0.2) is 0 Å². The first-order valence-electron chi connectivity index (χ1n) is 4.36. The molecule has 3 nitrogen and oxygen atoms in total. The van der Waals surface area contributed by atoms with E-state index in [1.807, 2.05) is 18.7 Å². The quantitative estimate of drug-likeness (QED) is 0.680. The van der Waals surface area contributed by atoms with Gasteiger partial charge in [-0.2, -0.15) is 0 Å². The molecule has 2 N–H and O–H groups in total. The number of carbonyl (C=O) groups excluding carboxylic acids is 1. The van der Waals surface area contributed by atoms with Crippen molar-refractivity contribution in [1.82, 2.24) is 10.6 Å². The molecule has 1 fully saturated rings. The Labute approximate surface area is 77.7 Å². The summed E-state index contributed by atoms with van der Waals surface area (Å²) in [6.07, 6.45) is 0.600. The zero-order chi connectivity index (χ0) is 8.97. The molecule has 0 bridgehead atoms. The lowest BCUT2D eigenvalue weighted by Crippen LogP contribution is -2.33. The highest BCUT2D eigenvalue weighted by atomic mass is 32.2. The molecule has 2 atom stereocenters. The van der Waals surface area contributed by atoms with Crippen molar-refractivity contribution in [2.24, 2.45) is 0 Å². The van der Waals surface area contributed by atoms with E-state index in [0.29, 0.717) is 17.8 Å². The van der Waals surface area contributed by atoms with E-state index in [0.717, 1.165) is 12.3 Å². The summed E-state index contributed by atoms with van der Waals surface area (Å²) in [6.45, 7) is 4.81. The third-order valence-corrected chi connectivity index (χ3v) is 3.16. The van der Waals surface area contributed by atoms with Gasteiger partial charge >= 0.3 is 0 Å². The SMILES string of the molecule is CCNC(=O)CC1NC(C)CS1. The smallest absolute Gasteiger partial charge is 0.222 e. The molecular formula is C8H16N2OS. The predicted octanol–water partition coefficient (Wildman–Crippen LogP) is 0.564. The number of thioether (sulfide) groups is 1. The summed E-state index contributed by atoms with van der Waals surface area (Å²) in [7, 11) is 0. The standard InChI is InChI=1S/C8H16N2OS/c1-3-9-7(11)4-8-10-6(2)5-12-8/h6,8,10H,3-5H2,1-2H3,(H,9,11). The lowest BCUT2D eigenvalue weighted by atomic mass is 10.3. The summed E-state index contributed by atoms with van der Waals surface area (Å²) in [5.41, 5.74) is 0. The highest BCUT2D eigenvalue weighted by Crippen LogP contribution is 2.20. The molecule has 0 saturated carbocycles. The highest BCUT2D eigenvalue weighted by Gasteiger charge is 2.22. The van der Waals surface area contributed by atoms with Crippen molar-refractivity contribution in [3.63, 3.8) is 0 Å². The van der Waals surface area contributed by atoms with Crippen LogP contribution in [0.2, 0.25) is 0 Å². The molecule has 0 radical (unpaired) electrons. The van der Waals surface area contributed by atoms with Gasteiger partial charge < -0.3 is 10.6 Å². The Morgan fingerprint density at radius 3 is 3.00 bits per heavy atom. The van der Waals surface area contributed by atoms with Crippen LogP contribution in [0.4, 0.5) is 0 Å². The van der Waals surface area contributed by atoms with Crippen molar-refractivity contribution in [3.8, 4) is 0 Å². The molecule has 0 aromatic rings. The maximum atomic E-state index is 11.1. The van der Waals surface area contributed by atoms with Crippen molar-refractivity contribution in [2.45, 2.75) is 31.7 Å². The maximum absolute atomic E-state index is 11.1. The van der Waals surface area contributed by atoms with Crippen LogP contribution in [0.3, 0.4) is 0 Å². The molecule has 1 saturated heterocycles. The Morgan fingerprint density at radius 2 is 2.50 bits per heavy atom. The van der Waals surface area contributed by atoms with Crippen molar-refractivity contribution in [2.75, 3.05) is 12.3 Å². The summed E-state index contributed by atoms with van der Waals surface area (Å²) in [4.78, 5) is 11.1. The van der Waals surface area contributed by atoms with Gasteiger partial charge in [-0.05, 0) is 13.8 Å². The van der Waals surface area contributed by atoms with Crippen molar-refractivity contribution >= 4 is 17.7 Å². The Balaban J connectivity index is 2.18. The second-order valence-corrected chi connectivity index (χ2v) is 4.28. The van der Waals surface area contributed by atoms with E-state index >= 15 is 0 Å². The molecular weight excluding hydrogens is 172 g/mol. The second-order valence-electron chi connectivity index (χ2n) is 3.05. The third kappa shape index (κ3) is 3.03. The number of carbonyl (C=O) groups is 1. The number of hydrogen-bond donors (Lipinski definition) is 2. The van der Waals surface area contributed by atoms with Crippen molar-refractivity contribution in [3.05, 3.63) is 0 Å². The van der Waals surface area contributed by atoms with Gasteiger partial charge in [0.2, 0.25) is 5.91 Å². The molecule has 1 aliphatic heterocycles. The van der Waals surface area contributed by atoms with Crippen molar-refractivity contribution < 1.29 is 4.79 Å². The first-order chi connectivity index (χ1) is 5.72. The minimum Gasteiger partial charge on any atom is -0.356 e. The molecule has 1 rings (SSSR count). The molecule has 0 aromatic heterocycles. The predicted molar refractivity (Wildman–Crippen MR) is 52.1 cm³/mol. The van der Waals surface area contributed by atoms with Gasteiger partial charge in [0, 0.05) is 18.3 Å². The van der Waals surface area contributed by atoms with Crippen LogP contribution in [0.5, 0.6) is 0 Å². The summed E-state index contributed by atoms with van der Waals surface area (Å²) in [6, 6.07) is 0.550. The van der Waals surface area contributed by atoms with Crippen LogP contribution in [0, 0.1) is 0 Å². The largest absolute Gasteiger partial charge is 0.356 e. The molecule has 1 aliphatic rings. The van der Waals surface area contributed by atoms with E-state index in [2.05, 4.69) is 17.6 Å². The topological polar surface area (TPSA) is 41.1 Å². The van der Waals surface area contributed by atoms with Gasteiger partial charge in [0.1, 0.15) is 0 Å². The first kappa shape index (κ1) is 9.86. The Morgan fingerprint density at radius 1 is 1.75 bits per heavy atom.